The SMILES string of the molecule is CN(CCCC(=O)OCc1ccccc1)C(=O)Oc1ccc2c3c1OC1C(=O)C=C[C@@]4(O)[C@@H](C2)[N+](C)(CC2CC2)CC[C@@]314.[Cl-]. The van der Waals surface area contributed by atoms with Gasteiger partial charge in [-0.3, -0.25) is 9.59 Å². The molecule has 0 radical (unpaired) electrons. The molecule has 2 bridgehead atoms. The fourth-order valence-electron chi connectivity index (χ4n) is 8.12. The van der Waals surface area contributed by atoms with Gasteiger partial charge in [-0.1, -0.05) is 36.4 Å². The molecule has 0 aromatic heterocycles. The highest BCUT2D eigenvalue weighted by Gasteiger charge is 2.75. The van der Waals surface area contributed by atoms with Crippen LogP contribution in [0.1, 0.15) is 48.8 Å². The Morgan fingerprint density at radius 1 is 1.16 bits per heavy atom. The Kier molecular flexibility index (Phi) is 7.79. The fourth-order valence-corrected chi connectivity index (χ4v) is 8.12. The van der Waals surface area contributed by atoms with Gasteiger partial charge in [0, 0.05) is 44.3 Å². The minimum absolute atomic E-state index is 0. The first kappa shape index (κ1) is 30.6. The molecule has 10 heteroatoms. The molecule has 2 fully saturated rings. The van der Waals surface area contributed by atoms with Gasteiger partial charge in [-0.05, 0) is 48.6 Å². The van der Waals surface area contributed by atoms with Crippen LogP contribution in [0.4, 0.5) is 4.79 Å². The number of likely N-dealkylation sites (tertiary alicyclic amines) is 1. The summed E-state index contributed by atoms with van der Waals surface area (Å²) >= 11 is 0. The molecule has 1 N–H and O–H groups in total. The van der Waals surface area contributed by atoms with Crippen molar-refractivity contribution in [3.05, 3.63) is 71.3 Å². The van der Waals surface area contributed by atoms with Gasteiger partial charge >= 0.3 is 12.1 Å². The van der Waals surface area contributed by atoms with Gasteiger partial charge in [0.1, 0.15) is 18.2 Å². The fraction of sp³-hybridized carbons (Fsp3) is 0.500. The average Bonchev–Trinajstić information content (AvgIpc) is 3.73. The second kappa shape index (κ2) is 11.2. The normalized spacial score (nSPS) is 30.5. The lowest BCUT2D eigenvalue weighted by atomic mass is 9.50. The highest BCUT2D eigenvalue weighted by atomic mass is 35.5. The van der Waals surface area contributed by atoms with E-state index in [2.05, 4.69) is 7.05 Å². The molecule has 5 aliphatic rings. The quantitative estimate of drug-likeness (QED) is 0.325. The lowest BCUT2D eigenvalue weighted by Gasteiger charge is -2.62. The van der Waals surface area contributed by atoms with E-state index < -0.39 is 23.2 Å². The van der Waals surface area contributed by atoms with E-state index in [1.165, 1.54) is 23.8 Å². The van der Waals surface area contributed by atoms with E-state index in [0.29, 0.717) is 37.5 Å². The van der Waals surface area contributed by atoms with Crippen molar-refractivity contribution in [1.82, 2.24) is 4.90 Å². The molecule has 7 rings (SSSR count). The number of rotatable bonds is 9. The average molecular weight is 623 g/mol. The van der Waals surface area contributed by atoms with Gasteiger partial charge in [0.2, 0.25) is 0 Å². The Labute approximate surface area is 263 Å². The number of esters is 1. The Morgan fingerprint density at radius 2 is 1.93 bits per heavy atom. The summed E-state index contributed by atoms with van der Waals surface area (Å²) in [6.07, 6.45) is 6.14. The Balaban J connectivity index is 0.00000343. The van der Waals surface area contributed by atoms with E-state index in [-0.39, 0.29) is 49.0 Å². The molecule has 1 saturated carbocycles. The summed E-state index contributed by atoms with van der Waals surface area (Å²) in [5.74, 6) is 0.839. The molecule has 2 unspecified atom stereocenters. The second-order valence-corrected chi connectivity index (χ2v) is 13.3. The predicted octanol–water partition coefficient (Wildman–Crippen LogP) is 0.699. The third-order valence-corrected chi connectivity index (χ3v) is 10.5. The highest BCUT2D eigenvalue weighted by molar-refractivity contribution is 5.99. The maximum Gasteiger partial charge on any atom is 0.415 e. The number of carbonyl (C=O) groups excluding carboxylic acids is 3. The van der Waals surface area contributed by atoms with Crippen molar-refractivity contribution < 1.29 is 50.6 Å². The number of quaternary nitrogens is 1. The minimum atomic E-state index is -1.24. The highest BCUT2D eigenvalue weighted by Crippen LogP contribution is 2.64. The van der Waals surface area contributed by atoms with Crippen LogP contribution in [0, 0.1) is 5.92 Å². The molecule has 44 heavy (non-hydrogen) atoms. The minimum Gasteiger partial charge on any atom is -1.00 e. The van der Waals surface area contributed by atoms with Crippen molar-refractivity contribution in [2.75, 3.05) is 33.7 Å². The van der Waals surface area contributed by atoms with Crippen LogP contribution in [0.2, 0.25) is 0 Å². The first-order valence-electron chi connectivity index (χ1n) is 15.4. The number of benzene rings is 2. The first-order valence-corrected chi connectivity index (χ1v) is 15.4. The van der Waals surface area contributed by atoms with Crippen molar-refractivity contribution in [3.63, 3.8) is 0 Å². The van der Waals surface area contributed by atoms with Gasteiger partial charge < -0.3 is 41.1 Å². The summed E-state index contributed by atoms with van der Waals surface area (Å²) in [4.78, 5) is 40.0. The molecule has 5 atom stereocenters. The lowest BCUT2D eigenvalue weighted by Crippen LogP contribution is -3.00. The van der Waals surface area contributed by atoms with E-state index in [1.807, 2.05) is 36.4 Å². The Bertz CT molecular complexity index is 1510. The summed E-state index contributed by atoms with van der Waals surface area (Å²) in [5, 5.41) is 12.5. The number of halogens is 1. The van der Waals surface area contributed by atoms with Crippen molar-refractivity contribution >= 4 is 17.8 Å². The molecule has 2 aromatic rings. The number of carbonyl (C=O) groups is 3. The third kappa shape index (κ3) is 4.80. The zero-order valence-corrected chi connectivity index (χ0v) is 25.9. The summed E-state index contributed by atoms with van der Waals surface area (Å²) in [6.45, 7) is 2.40. The van der Waals surface area contributed by atoms with Crippen molar-refractivity contribution in [3.8, 4) is 11.5 Å². The topological polar surface area (TPSA) is 102 Å². The molecule has 2 aromatic carbocycles. The van der Waals surface area contributed by atoms with E-state index in [1.54, 1.807) is 19.2 Å². The van der Waals surface area contributed by atoms with Crippen LogP contribution in [-0.2, 0) is 32.8 Å². The largest absolute Gasteiger partial charge is 1.00 e. The molecule has 234 valence electrons. The number of hydrogen-bond donors (Lipinski definition) is 1. The number of likely N-dealkylation sites (N-methyl/N-ethyl adjacent to an activating group) is 1. The Hall–Kier alpha value is -3.40. The van der Waals surface area contributed by atoms with Gasteiger partial charge in [-0.15, -0.1) is 0 Å². The summed E-state index contributed by atoms with van der Waals surface area (Å²) in [6, 6.07) is 13.1. The van der Waals surface area contributed by atoms with Crippen molar-refractivity contribution in [1.29, 1.82) is 0 Å². The van der Waals surface area contributed by atoms with Crippen LogP contribution in [0.3, 0.4) is 0 Å². The predicted molar refractivity (Wildman–Crippen MR) is 157 cm³/mol. The molecule has 2 heterocycles. The van der Waals surface area contributed by atoms with Gasteiger partial charge in [0.05, 0.1) is 25.6 Å². The molecule has 1 saturated heterocycles. The van der Waals surface area contributed by atoms with Crippen molar-refractivity contribution in [2.45, 2.75) is 68.3 Å². The van der Waals surface area contributed by atoms with Crippen LogP contribution in [0.5, 0.6) is 11.5 Å². The number of aliphatic hydroxyl groups is 1. The van der Waals surface area contributed by atoms with Gasteiger partial charge in [-0.25, -0.2) is 4.79 Å². The zero-order valence-electron chi connectivity index (χ0n) is 25.2. The number of ether oxygens (including phenoxy) is 3. The molecule has 3 aliphatic carbocycles. The van der Waals surface area contributed by atoms with E-state index in [9.17, 15) is 19.5 Å². The van der Waals surface area contributed by atoms with Crippen LogP contribution in [-0.4, -0.2) is 83.8 Å². The standard InChI is InChI=1S/C34H39N2O7.ClH/c1-35(17-6-9-28(38)41-21-23-7-4-3-5-8-23)32(39)42-26-13-12-24-19-27-34(40)15-14-25(37)31-33(34,29(24)30(26)43-31)16-18-36(27,2)20-22-10-11-22;/h3-5,7-8,12-15,22,27,31,40H,6,9-11,16-21H2,1-2H3;1H/q+1;/p-1/t27-,31?,33-,34-,36?;/m1./s1. The lowest BCUT2D eigenvalue weighted by molar-refractivity contribution is -0.949. The molecular weight excluding hydrogens is 584 g/mol. The second-order valence-electron chi connectivity index (χ2n) is 13.3. The number of nitrogens with zero attached hydrogens (tertiary/aromatic N) is 2. The van der Waals surface area contributed by atoms with Crippen LogP contribution in [0.25, 0.3) is 0 Å². The molecule has 1 spiro atoms. The maximum absolute atomic E-state index is 13.3. The molecule has 2 aliphatic heterocycles. The van der Waals surface area contributed by atoms with Crippen LogP contribution < -0.4 is 21.9 Å². The van der Waals surface area contributed by atoms with Gasteiger partial charge in [-0.2, -0.15) is 0 Å². The molecule has 1 amide bonds. The number of hydrogen-bond acceptors (Lipinski definition) is 7. The van der Waals surface area contributed by atoms with E-state index in [4.69, 9.17) is 14.2 Å². The zero-order chi connectivity index (χ0) is 30.0. The monoisotopic (exact) mass is 622 g/mol. The van der Waals surface area contributed by atoms with Crippen molar-refractivity contribution in [2.24, 2.45) is 5.92 Å². The number of piperidine rings is 1. The number of ketones is 1. The maximum atomic E-state index is 13.3. The smallest absolute Gasteiger partial charge is 0.415 e. The summed E-state index contributed by atoms with van der Waals surface area (Å²) in [5.41, 5.74) is 0.656. The number of amides is 1. The van der Waals surface area contributed by atoms with Crippen LogP contribution >= 0.6 is 0 Å². The van der Waals surface area contributed by atoms with Gasteiger partial charge in [0.15, 0.2) is 23.4 Å². The van der Waals surface area contributed by atoms with E-state index >= 15 is 0 Å². The van der Waals surface area contributed by atoms with E-state index in [0.717, 1.165) is 34.3 Å². The summed E-state index contributed by atoms with van der Waals surface area (Å²) in [7, 11) is 3.87. The third-order valence-electron chi connectivity index (χ3n) is 10.5. The molecule has 9 nitrogen and oxygen atoms in total. The molecular formula is C34H39ClN2O7. The van der Waals surface area contributed by atoms with Gasteiger partial charge in [0.25, 0.3) is 0 Å². The Morgan fingerprint density at radius 3 is 2.68 bits per heavy atom. The summed E-state index contributed by atoms with van der Waals surface area (Å²) < 4.78 is 18.3. The first-order chi connectivity index (χ1) is 20.6. The van der Waals surface area contributed by atoms with Crippen LogP contribution in [0.15, 0.2) is 54.6 Å².